The van der Waals surface area contributed by atoms with Gasteiger partial charge in [0.05, 0.1) is 0 Å². The standard InChI is InChI=1S/C7H6NO2/c8-7(9)6-4-2-1-3-5-10-6/h1-4H,(H2,8,9). The van der Waals surface area contributed by atoms with E-state index in [1.165, 1.54) is 6.08 Å². The molecule has 0 spiro atoms. The fourth-order valence-corrected chi connectivity index (χ4v) is 0.502. The second-order valence-electron chi connectivity index (χ2n) is 1.67. The maximum Gasteiger partial charge on any atom is 0.284 e. The average Bonchev–Trinajstić information content (AvgIpc) is 2.12. The molecule has 51 valence electrons. The van der Waals surface area contributed by atoms with Gasteiger partial charge in [-0.15, -0.1) is 0 Å². The molecule has 0 saturated carbocycles. The van der Waals surface area contributed by atoms with Crippen molar-refractivity contribution in [2.24, 2.45) is 5.73 Å². The fraction of sp³-hybridized carbons (Fsp3) is 0. The highest BCUT2D eigenvalue weighted by molar-refractivity contribution is 5.90. The molecule has 1 heterocycles. The van der Waals surface area contributed by atoms with E-state index in [9.17, 15) is 4.79 Å². The molecule has 1 aliphatic heterocycles. The van der Waals surface area contributed by atoms with Crippen LogP contribution < -0.4 is 5.73 Å². The number of primary amides is 1. The summed E-state index contributed by atoms with van der Waals surface area (Å²) >= 11 is 0. The van der Waals surface area contributed by atoms with Crippen LogP contribution in [0.25, 0.3) is 0 Å². The Morgan fingerprint density at radius 2 is 2.40 bits per heavy atom. The Balaban J connectivity index is 2.78. The van der Waals surface area contributed by atoms with Gasteiger partial charge in [0.1, 0.15) is 0 Å². The van der Waals surface area contributed by atoms with Crippen molar-refractivity contribution >= 4 is 5.91 Å². The molecule has 0 aliphatic carbocycles. The molecule has 0 unspecified atom stereocenters. The third kappa shape index (κ3) is 1.48. The highest BCUT2D eigenvalue weighted by atomic mass is 16.5. The van der Waals surface area contributed by atoms with Crippen LogP contribution in [0.3, 0.4) is 0 Å². The monoisotopic (exact) mass is 136 g/mol. The lowest BCUT2D eigenvalue weighted by Gasteiger charge is -1.95. The summed E-state index contributed by atoms with van der Waals surface area (Å²) in [6.45, 7) is 0. The van der Waals surface area contributed by atoms with Crippen LogP contribution in [0.15, 0.2) is 30.1 Å². The van der Waals surface area contributed by atoms with Gasteiger partial charge < -0.3 is 10.5 Å². The molecule has 2 N–H and O–H groups in total. The number of carbonyl (C=O) groups is 1. The number of ether oxygens (including phenoxy) is 1. The van der Waals surface area contributed by atoms with E-state index in [0.29, 0.717) is 0 Å². The second-order valence-corrected chi connectivity index (χ2v) is 1.67. The number of amides is 1. The van der Waals surface area contributed by atoms with Crippen molar-refractivity contribution < 1.29 is 9.53 Å². The lowest BCUT2D eigenvalue weighted by Crippen LogP contribution is -2.14. The smallest absolute Gasteiger partial charge is 0.284 e. The zero-order chi connectivity index (χ0) is 7.40. The van der Waals surface area contributed by atoms with Gasteiger partial charge in [0.25, 0.3) is 5.91 Å². The van der Waals surface area contributed by atoms with E-state index in [1.54, 1.807) is 18.2 Å². The second kappa shape index (κ2) is 2.87. The van der Waals surface area contributed by atoms with E-state index in [0.717, 1.165) is 0 Å². The molecule has 3 heteroatoms. The number of hydrogen-bond donors (Lipinski definition) is 1. The van der Waals surface area contributed by atoms with Gasteiger partial charge in [-0.05, 0) is 12.2 Å². The van der Waals surface area contributed by atoms with Crippen molar-refractivity contribution in [2.75, 3.05) is 0 Å². The first-order valence-electron chi connectivity index (χ1n) is 2.73. The molecule has 1 aliphatic rings. The zero-order valence-electron chi connectivity index (χ0n) is 5.20. The molecule has 0 bridgehead atoms. The largest absolute Gasteiger partial charge is 0.448 e. The molecule has 0 aromatic rings. The SMILES string of the molecule is NC(=O)C1=CC=CC=[C]O1. The van der Waals surface area contributed by atoms with E-state index >= 15 is 0 Å². The Bertz CT molecular complexity index is 226. The Labute approximate surface area is 58.5 Å². The highest BCUT2D eigenvalue weighted by Crippen LogP contribution is 2.00. The summed E-state index contributed by atoms with van der Waals surface area (Å²) in [6.07, 6.45) is 8.77. The zero-order valence-corrected chi connectivity index (χ0v) is 5.20. The Hall–Kier alpha value is -1.51. The fourth-order valence-electron chi connectivity index (χ4n) is 0.502. The molecule has 1 radical (unpaired) electrons. The molecule has 0 atom stereocenters. The topological polar surface area (TPSA) is 52.3 Å². The lowest BCUT2D eigenvalue weighted by molar-refractivity contribution is -0.117. The van der Waals surface area contributed by atoms with Gasteiger partial charge in [0.2, 0.25) is 0 Å². The molecule has 10 heavy (non-hydrogen) atoms. The molecular formula is C7H6NO2. The first-order chi connectivity index (χ1) is 4.80. The third-order valence-electron chi connectivity index (χ3n) is 0.935. The van der Waals surface area contributed by atoms with Gasteiger partial charge in [-0.3, -0.25) is 4.79 Å². The summed E-state index contributed by atoms with van der Waals surface area (Å²) in [5.74, 6) is -0.488. The lowest BCUT2D eigenvalue weighted by atomic mass is 10.4. The van der Waals surface area contributed by atoms with E-state index in [2.05, 4.69) is 11.0 Å². The highest BCUT2D eigenvalue weighted by Gasteiger charge is 2.03. The van der Waals surface area contributed by atoms with Crippen LogP contribution >= 0.6 is 0 Å². The Morgan fingerprint density at radius 3 is 3.10 bits per heavy atom. The molecule has 0 aromatic carbocycles. The van der Waals surface area contributed by atoms with Gasteiger partial charge in [-0.2, -0.15) is 0 Å². The van der Waals surface area contributed by atoms with Gasteiger partial charge in [0.15, 0.2) is 12.0 Å². The number of hydrogen-bond acceptors (Lipinski definition) is 2. The Kier molecular flexibility index (Phi) is 1.89. The normalized spacial score (nSPS) is 15.4. The van der Waals surface area contributed by atoms with Crippen LogP contribution in [0.4, 0.5) is 0 Å². The van der Waals surface area contributed by atoms with E-state index < -0.39 is 5.91 Å². The van der Waals surface area contributed by atoms with Crippen molar-refractivity contribution in [3.63, 3.8) is 0 Å². The van der Waals surface area contributed by atoms with E-state index in [1.807, 2.05) is 0 Å². The molecular weight excluding hydrogens is 130 g/mol. The van der Waals surface area contributed by atoms with Crippen LogP contribution in [-0.4, -0.2) is 5.91 Å². The van der Waals surface area contributed by atoms with Crippen molar-refractivity contribution in [2.45, 2.75) is 0 Å². The average molecular weight is 136 g/mol. The minimum absolute atomic E-state index is 0.102. The first kappa shape index (κ1) is 6.61. The molecule has 0 saturated heterocycles. The maximum atomic E-state index is 10.4. The number of nitrogens with two attached hydrogens (primary N) is 1. The van der Waals surface area contributed by atoms with Crippen LogP contribution in [0, 0.1) is 6.26 Å². The first-order valence-corrected chi connectivity index (χ1v) is 2.73. The van der Waals surface area contributed by atoms with Crippen LogP contribution in [0.1, 0.15) is 0 Å². The minimum Gasteiger partial charge on any atom is -0.448 e. The van der Waals surface area contributed by atoms with Crippen LogP contribution in [0.2, 0.25) is 0 Å². The molecule has 1 rings (SSSR count). The molecule has 0 fully saturated rings. The quantitative estimate of drug-likeness (QED) is 0.562. The van der Waals surface area contributed by atoms with Crippen LogP contribution in [0.5, 0.6) is 0 Å². The molecule has 0 aromatic heterocycles. The number of allylic oxidation sites excluding steroid dienone is 4. The molecule has 1 amide bonds. The van der Waals surface area contributed by atoms with Crippen molar-refractivity contribution in [3.05, 3.63) is 36.3 Å². The summed E-state index contributed by atoms with van der Waals surface area (Å²) < 4.78 is 4.68. The minimum atomic E-state index is -0.590. The third-order valence-corrected chi connectivity index (χ3v) is 0.935. The van der Waals surface area contributed by atoms with Gasteiger partial charge in [-0.25, -0.2) is 0 Å². The number of rotatable bonds is 1. The Morgan fingerprint density at radius 1 is 1.60 bits per heavy atom. The van der Waals surface area contributed by atoms with Gasteiger partial charge >= 0.3 is 0 Å². The predicted octanol–water partition coefficient (Wildman–Crippen LogP) is 0.259. The number of carbonyl (C=O) groups excluding carboxylic acids is 1. The van der Waals surface area contributed by atoms with Crippen molar-refractivity contribution in [3.8, 4) is 0 Å². The summed E-state index contributed by atoms with van der Waals surface area (Å²) in [5.41, 5.74) is 4.92. The summed E-state index contributed by atoms with van der Waals surface area (Å²) in [4.78, 5) is 10.4. The molecule has 3 nitrogen and oxygen atoms in total. The van der Waals surface area contributed by atoms with Gasteiger partial charge in [-0.1, -0.05) is 12.2 Å². The van der Waals surface area contributed by atoms with E-state index in [-0.39, 0.29) is 5.76 Å². The van der Waals surface area contributed by atoms with E-state index in [4.69, 9.17) is 5.73 Å². The van der Waals surface area contributed by atoms with Crippen molar-refractivity contribution in [1.29, 1.82) is 0 Å². The summed E-state index contributed by atoms with van der Waals surface area (Å²) in [5, 5.41) is 0. The van der Waals surface area contributed by atoms with Crippen molar-refractivity contribution in [1.82, 2.24) is 0 Å². The summed E-state index contributed by atoms with van der Waals surface area (Å²) in [6, 6.07) is 0. The van der Waals surface area contributed by atoms with Crippen LogP contribution in [-0.2, 0) is 9.53 Å². The summed E-state index contributed by atoms with van der Waals surface area (Å²) in [7, 11) is 0. The van der Waals surface area contributed by atoms with Gasteiger partial charge in [0, 0.05) is 0 Å². The maximum absolute atomic E-state index is 10.4. The predicted molar refractivity (Wildman–Crippen MR) is 35.3 cm³/mol.